The van der Waals surface area contributed by atoms with Gasteiger partial charge in [-0.2, -0.15) is 0 Å². The lowest BCUT2D eigenvalue weighted by Gasteiger charge is -2.15. The normalized spacial score (nSPS) is 13.5. The van der Waals surface area contributed by atoms with Crippen LogP contribution in [-0.4, -0.2) is 12.6 Å². The molecule has 0 aliphatic rings. The number of benzene rings is 1. The quantitative estimate of drug-likeness (QED) is 0.853. The van der Waals surface area contributed by atoms with E-state index in [0.717, 1.165) is 24.0 Å². The van der Waals surface area contributed by atoms with Crippen molar-refractivity contribution in [1.29, 1.82) is 0 Å². The van der Waals surface area contributed by atoms with Gasteiger partial charge in [-0.25, -0.2) is 0 Å². The summed E-state index contributed by atoms with van der Waals surface area (Å²) in [4.78, 5) is 0. The van der Waals surface area contributed by atoms with Crippen LogP contribution in [0.15, 0.2) is 29.3 Å². The summed E-state index contributed by atoms with van der Waals surface area (Å²) < 4.78 is 5.73. The van der Waals surface area contributed by atoms with Gasteiger partial charge in [-0.1, -0.05) is 42.3 Å². The van der Waals surface area contributed by atoms with Crippen LogP contribution in [0.1, 0.15) is 25.8 Å². The minimum atomic E-state index is 0.121. The average Bonchev–Trinajstić information content (AvgIpc) is 2.37. The van der Waals surface area contributed by atoms with Crippen LogP contribution in [0.4, 0.5) is 0 Å². The van der Waals surface area contributed by atoms with Crippen molar-refractivity contribution in [1.82, 2.24) is 0 Å². The molecule has 100 valence electrons. The molecule has 2 N–H and O–H groups in total. The van der Waals surface area contributed by atoms with Gasteiger partial charge in [0.15, 0.2) is 0 Å². The Morgan fingerprint density at radius 2 is 2.22 bits per heavy atom. The predicted molar refractivity (Wildman–Crippen MR) is 78.5 cm³/mol. The molecule has 0 amide bonds. The average molecular weight is 288 g/mol. The van der Waals surface area contributed by atoms with E-state index in [0.29, 0.717) is 17.4 Å². The highest BCUT2D eigenvalue weighted by Crippen LogP contribution is 2.30. The van der Waals surface area contributed by atoms with Crippen LogP contribution in [-0.2, 0) is 6.42 Å². The van der Waals surface area contributed by atoms with Crippen molar-refractivity contribution in [3.05, 3.63) is 39.9 Å². The fourth-order valence-electron chi connectivity index (χ4n) is 1.52. The second kappa shape index (κ2) is 7.67. The molecule has 4 heteroatoms. The summed E-state index contributed by atoms with van der Waals surface area (Å²) in [5, 5.41) is 0.609. The molecule has 0 bridgehead atoms. The minimum absolute atomic E-state index is 0.121. The Balaban J connectivity index is 2.86. The highest BCUT2D eigenvalue weighted by Gasteiger charge is 2.11. The van der Waals surface area contributed by atoms with Gasteiger partial charge in [0.05, 0.1) is 5.02 Å². The van der Waals surface area contributed by atoms with Crippen LogP contribution in [0, 0.1) is 0 Å². The Morgan fingerprint density at radius 1 is 1.50 bits per heavy atom. The second-order valence-electron chi connectivity index (χ2n) is 4.34. The molecule has 0 saturated carbocycles. The van der Waals surface area contributed by atoms with Crippen LogP contribution < -0.4 is 10.5 Å². The molecule has 1 aromatic rings. The minimum Gasteiger partial charge on any atom is -0.487 e. The third kappa shape index (κ3) is 4.52. The van der Waals surface area contributed by atoms with E-state index >= 15 is 0 Å². The monoisotopic (exact) mass is 287 g/mol. The molecule has 1 atom stereocenters. The summed E-state index contributed by atoms with van der Waals surface area (Å²) in [5.41, 5.74) is 9.47. The van der Waals surface area contributed by atoms with E-state index in [1.165, 1.54) is 5.54 Å². The smallest absolute Gasteiger partial charge is 0.141 e. The maximum atomic E-state index is 6.16. The molecule has 0 heterocycles. The third-order valence-electron chi connectivity index (χ3n) is 2.69. The fraction of sp³-hybridized carbons (Fsp3) is 0.429. The Kier molecular flexibility index (Phi) is 6.55. The number of ether oxygens (including phenoxy) is 1. The Bertz CT molecular complexity index is 418. The fourth-order valence-corrected chi connectivity index (χ4v) is 1.83. The summed E-state index contributed by atoms with van der Waals surface area (Å²) in [7, 11) is 0. The van der Waals surface area contributed by atoms with Crippen LogP contribution >= 0.6 is 23.2 Å². The first-order chi connectivity index (χ1) is 8.58. The van der Waals surface area contributed by atoms with Crippen molar-refractivity contribution in [2.75, 3.05) is 6.61 Å². The van der Waals surface area contributed by atoms with Gasteiger partial charge in [-0.05, 0) is 37.0 Å². The van der Waals surface area contributed by atoms with Gasteiger partial charge in [0.1, 0.15) is 12.4 Å². The van der Waals surface area contributed by atoms with E-state index in [1.54, 1.807) is 0 Å². The van der Waals surface area contributed by atoms with Crippen molar-refractivity contribution in [3.63, 3.8) is 0 Å². The highest BCUT2D eigenvalue weighted by molar-refractivity contribution is 6.32. The van der Waals surface area contributed by atoms with E-state index < -0.39 is 0 Å². The molecule has 1 unspecified atom stereocenters. The zero-order chi connectivity index (χ0) is 13.5. The molecular weight excluding hydrogens is 269 g/mol. The summed E-state index contributed by atoms with van der Waals surface area (Å²) in [6.45, 7) is 4.40. The van der Waals surface area contributed by atoms with Crippen LogP contribution in [0.2, 0.25) is 5.02 Å². The van der Waals surface area contributed by atoms with Crippen molar-refractivity contribution >= 4 is 23.2 Å². The lowest BCUT2D eigenvalue weighted by molar-refractivity contribution is 0.347. The molecule has 2 nitrogen and oxygen atoms in total. The highest BCUT2D eigenvalue weighted by atomic mass is 35.5. The zero-order valence-electron chi connectivity index (χ0n) is 10.7. The number of hydrogen-bond donors (Lipinski definition) is 1. The summed E-state index contributed by atoms with van der Waals surface area (Å²) in [6, 6.07) is 5.85. The number of rotatable bonds is 6. The number of halogens is 2. The van der Waals surface area contributed by atoms with Crippen LogP contribution in [0.25, 0.3) is 0 Å². The Morgan fingerprint density at radius 3 is 2.83 bits per heavy atom. The molecule has 1 aromatic carbocycles. The van der Waals surface area contributed by atoms with Crippen molar-refractivity contribution < 1.29 is 4.74 Å². The molecule has 0 radical (unpaired) electrons. The zero-order valence-corrected chi connectivity index (χ0v) is 12.3. The van der Waals surface area contributed by atoms with Gasteiger partial charge in [-0.3, -0.25) is 0 Å². The first-order valence-electron chi connectivity index (χ1n) is 6.00. The van der Waals surface area contributed by atoms with E-state index in [4.69, 9.17) is 33.7 Å². The van der Waals surface area contributed by atoms with Gasteiger partial charge in [-0.15, -0.1) is 0 Å². The van der Waals surface area contributed by atoms with Gasteiger partial charge in [0, 0.05) is 11.6 Å². The molecule has 0 fully saturated rings. The van der Waals surface area contributed by atoms with E-state index in [2.05, 4.69) is 6.92 Å². The molecule has 0 spiro atoms. The van der Waals surface area contributed by atoms with Crippen molar-refractivity contribution in [2.45, 2.75) is 32.7 Å². The molecule has 18 heavy (non-hydrogen) atoms. The van der Waals surface area contributed by atoms with Gasteiger partial charge in [0.2, 0.25) is 0 Å². The molecule has 0 aliphatic heterocycles. The van der Waals surface area contributed by atoms with Crippen molar-refractivity contribution in [3.8, 4) is 5.75 Å². The maximum Gasteiger partial charge on any atom is 0.141 e. The largest absolute Gasteiger partial charge is 0.487 e. The van der Waals surface area contributed by atoms with E-state index in [-0.39, 0.29) is 6.04 Å². The molecule has 0 saturated heterocycles. The first kappa shape index (κ1) is 15.4. The third-order valence-corrected chi connectivity index (χ3v) is 3.36. The second-order valence-corrected chi connectivity index (χ2v) is 4.97. The van der Waals surface area contributed by atoms with E-state index in [1.807, 2.05) is 25.1 Å². The van der Waals surface area contributed by atoms with Gasteiger partial charge in [0.25, 0.3) is 0 Å². The summed E-state index contributed by atoms with van der Waals surface area (Å²) in [6.07, 6.45) is 1.68. The molecule has 1 rings (SSSR count). The maximum absolute atomic E-state index is 6.16. The van der Waals surface area contributed by atoms with Gasteiger partial charge < -0.3 is 10.5 Å². The predicted octanol–water partition coefficient (Wildman–Crippen LogP) is 4.14. The van der Waals surface area contributed by atoms with Crippen LogP contribution in [0.5, 0.6) is 5.75 Å². The number of nitrogens with two attached hydrogens (primary N) is 1. The Labute approximate surface area is 119 Å². The standard InChI is InChI=1S/C14H19Cl2NO/c1-3-12(17)7-11-5-4-6-13(16)14(11)18-9-10(2)8-15/h4-6,8,12H,3,7,9,17H2,1-2H3/b10-8+. The van der Waals surface area contributed by atoms with Crippen molar-refractivity contribution in [2.24, 2.45) is 5.73 Å². The number of para-hydroxylation sites is 1. The molecular formula is C14H19Cl2NO. The molecule has 0 aliphatic carbocycles. The SMILES string of the molecule is CCC(N)Cc1cccc(Cl)c1OC/C(C)=C/Cl. The first-order valence-corrected chi connectivity index (χ1v) is 6.81. The number of hydrogen-bond acceptors (Lipinski definition) is 2. The van der Waals surface area contributed by atoms with Gasteiger partial charge >= 0.3 is 0 Å². The topological polar surface area (TPSA) is 35.2 Å². The summed E-state index contributed by atoms with van der Waals surface area (Å²) >= 11 is 11.8. The Hall–Kier alpha value is -0.700. The lowest BCUT2D eigenvalue weighted by Crippen LogP contribution is -2.21. The summed E-state index contributed by atoms with van der Waals surface area (Å²) in [5.74, 6) is 0.709. The lowest BCUT2D eigenvalue weighted by atomic mass is 10.0. The van der Waals surface area contributed by atoms with E-state index in [9.17, 15) is 0 Å². The van der Waals surface area contributed by atoms with Crippen LogP contribution in [0.3, 0.4) is 0 Å². The molecule has 0 aromatic heterocycles.